The average Bonchev–Trinajstić information content (AvgIpc) is 3.18. The van der Waals surface area contributed by atoms with Crippen LogP contribution in [0.4, 0.5) is 4.39 Å². The summed E-state index contributed by atoms with van der Waals surface area (Å²) in [5.74, 6) is -0.637. The molecule has 3 aromatic heterocycles. The molecule has 164 valence electrons. The van der Waals surface area contributed by atoms with Gasteiger partial charge in [0.05, 0.1) is 16.6 Å². The van der Waals surface area contributed by atoms with Gasteiger partial charge in [-0.2, -0.15) is 0 Å². The zero-order valence-electron chi connectivity index (χ0n) is 17.8. The fourth-order valence-electron chi connectivity index (χ4n) is 3.99. The van der Waals surface area contributed by atoms with E-state index in [4.69, 9.17) is 11.6 Å². The van der Waals surface area contributed by atoms with Crippen molar-refractivity contribution in [1.82, 2.24) is 20.3 Å². The van der Waals surface area contributed by atoms with Crippen molar-refractivity contribution < 1.29 is 9.18 Å². The van der Waals surface area contributed by atoms with Crippen LogP contribution >= 0.6 is 11.6 Å². The number of carbonyl (C=O) groups is 1. The fraction of sp³-hybridized carbons (Fsp3) is 0.115. The van der Waals surface area contributed by atoms with Gasteiger partial charge in [0.2, 0.25) is 0 Å². The molecule has 5 nitrogen and oxygen atoms in total. The predicted octanol–water partition coefficient (Wildman–Crippen LogP) is 5.93. The number of hydrogen-bond acceptors (Lipinski definition) is 3. The molecule has 5 rings (SSSR count). The number of halogens is 2. The molecule has 2 N–H and O–H groups in total. The molecule has 0 aliphatic rings. The van der Waals surface area contributed by atoms with E-state index in [0.29, 0.717) is 21.7 Å². The summed E-state index contributed by atoms with van der Waals surface area (Å²) in [6, 6.07) is 13.9. The lowest BCUT2D eigenvalue weighted by molar-refractivity contribution is 0.0936. The number of nitrogens with one attached hydrogen (secondary N) is 2. The van der Waals surface area contributed by atoms with E-state index in [1.807, 2.05) is 31.2 Å². The van der Waals surface area contributed by atoms with Crippen LogP contribution in [0.25, 0.3) is 21.8 Å². The van der Waals surface area contributed by atoms with Gasteiger partial charge in [-0.15, -0.1) is 0 Å². The molecule has 1 atom stereocenters. The van der Waals surface area contributed by atoms with Gasteiger partial charge in [-0.1, -0.05) is 23.2 Å². The van der Waals surface area contributed by atoms with Crippen molar-refractivity contribution in [3.63, 3.8) is 0 Å². The summed E-state index contributed by atoms with van der Waals surface area (Å²) in [7, 11) is 0. The van der Waals surface area contributed by atoms with Crippen molar-refractivity contribution in [2.24, 2.45) is 0 Å². The van der Waals surface area contributed by atoms with Gasteiger partial charge in [0.25, 0.3) is 5.91 Å². The average molecular weight is 459 g/mol. The van der Waals surface area contributed by atoms with E-state index in [1.165, 1.54) is 6.07 Å². The normalized spacial score (nSPS) is 12.2. The summed E-state index contributed by atoms with van der Waals surface area (Å²) in [5.41, 5.74) is 4.31. The molecule has 7 heteroatoms. The van der Waals surface area contributed by atoms with Crippen LogP contribution in [-0.2, 0) is 6.42 Å². The lowest BCUT2D eigenvalue weighted by Crippen LogP contribution is -2.30. The van der Waals surface area contributed by atoms with E-state index in [2.05, 4.69) is 20.3 Å². The number of carbonyl (C=O) groups excluding carboxylic acids is 1. The smallest absolute Gasteiger partial charge is 0.251 e. The van der Waals surface area contributed by atoms with Crippen LogP contribution in [0.2, 0.25) is 5.02 Å². The SMILES string of the molecule is Cc1ccc2ncc(C(Cc3cc4c(Cl)c[nH]c4cc3F)NC(=O)c3ccncc3)cc2c1. The Kier molecular flexibility index (Phi) is 5.52. The maximum absolute atomic E-state index is 15.0. The monoisotopic (exact) mass is 458 g/mol. The zero-order chi connectivity index (χ0) is 22.9. The first kappa shape index (κ1) is 21.1. The number of nitrogens with zero attached hydrogens (tertiary/aromatic N) is 2. The van der Waals surface area contributed by atoms with Crippen molar-refractivity contribution in [2.75, 3.05) is 0 Å². The van der Waals surface area contributed by atoms with Crippen molar-refractivity contribution in [2.45, 2.75) is 19.4 Å². The molecule has 0 fully saturated rings. The van der Waals surface area contributed by atoms with Gasteiger partial charge in [0.1, 0.15) is 5.82 Å². The molecule has 5 aromatic rings. The number of hydrogen-bond donors (Lipinski definition) is 2. The minimum absolute atomic E-state index is 0.235. The molecule has 0 saturated heterocycles. The summed E-state index contributed by atoms with van der Waals surface area (Å²) in [5, 5.41) is 5.26. The number of aromatic amines is 1. The Hall–Kier alpha value is -3.77. The topological polar surface area (TPSA) is 70.7 Å². The van der Waals surface area contributed by atoms with Crippen molar-refractivity contribution in [3.05, 3.63) is 106 Å². The summed E-state index contributed by atoms with van der Waals surface area (Å²) in [4.78, 5) is 24.5. The molecule has 0 radical (unpaired) electrons. The number of H-pyrrole nitrogens is 1. The van der Waals surface area contributed by atoms with Gasteiger partial charge in [0, 0.05) is 46.6 Å². The van der Waals surface area contributed by atoms with Gasteiger partial charge in [-0.05, 0) is 66.9 Å². The number of aromatic nitrogens is 3. The quantitative estimate of drug-likeness (QED) is 0.343. The highest BCUT2D eigenvalue weighted by Gasteiger charge is 2.20. The minimum Gasteiger partial charge on any atom is -0.360 e. The third kappa shape index (κ3) is 4.30. The van der Waals surface area contributed by atoms with Crippen molar-refractivity contribution in [1.29, 1.82) is 0 Å². The number of rotatable bonds is 5. The molecule has 2 aromatic carbocycles. The van der Waals surface area contributed by atoms with E-state index in [-0.39, 0.29) is 18.1 Å². The Morgan fingerprint density at radius 2 is 1.97 bits per heavy atom. The molecular weight excluding hydrogens is 439 g/mol. The van der Waals surface area contributed by atoms with Gasteiger partial charge in [-0.25, -0.2) is 4.39 Å². The van der Waals surface area contributed by atoms with Gasteiger partial charge < -0.3 is 10.3 Å². The number of amides is 1. The standard InChI is InChI=1S/C26H20ClFN4O/c1-15-2-3-23-18(8-15)9-19(13-30-23)24(32-26(33)16-4-6-29-7-5-16)11-17-10-20-21(27)14-31-25(20)12-22(17)28/h2-10,12-14,24,31H,11H2,1H3,(H,32,33). The third-order valence-corrected chi connectivity index (χ3v) is 6.04. The van der Waals surface area contributed by atoms with Gasteiger partial charge in [0.15, 0.2) is 0 Å². The van der Waals surface area contributed by atoms with E-state index in [0.717, 1.165) is 27.4 Å². The first-order valence-electron chi connectivity index (χ1n) is 10.5. The Balaban J connectivity index is 1.56. The molecule has 0 bridgehead atoms. The first-order valence-corrected chi connectivity index (χ1v) is 10.9. The van der Waals surface area contributed by atoms with Crippen LogP contribution in [0.5, 0.6) is 0 Å². The highest BCUT2D eigenvalue weighted by atomic mass is 35.5. The first-order chi connectivity index (χ1) is 16.0. The maximum Gasteiger partial charge on any atom is 0.251 e. The molecular formula is C26H20ClFN4O. The van der Waals surface area contributed by atoms with Crippen LogP contribution < -0.4 is 5.32 Å². The van der Waals surface area contributed by atoms with Crippen LogP contribution in [0.15, 0.2) is 73.3 Å². The third-order valence-electron chi connectivity index (χ3n) is 5.73. The summed E-state index contributed by atoms with van der Waals surface area (Å²) >= 11 is 6.26. The molecule has 0 aliphatic heterocycles. The molecule has 1 amide bonds. The second-order valence-corrected chi connectivity index (χ2v) is 8.46. The van der Waals surface area contributed by atoms with E-state index < -0.39 is 6.04 Å². The molecule has 1 unspecified atom stereocenters. The molecule has 0 spiro atoms. The Morgan fingerprint density at radius 3 is 2.79 bits per heavy atom. The van der Waals surface area contributed by atoms with Crippen LogP contribution in [-0.4, -0.2) is 20.9 Å². The summed E-state index contributed by atoms with van der Waals surface area (Å²) in [6.07, 6.45) is 6.72. The van der Waals surface area contributed by atoms with Crippen LogP contribution in [0, 0.1) is 12.7 Å². The van der Waals surface area contributed by atoms with Crippen LogP contribution in [0.3, 0.4) is 0 Å². The molecule has 0 aliphatic carbocycles. The fourth-order valence-corrected chi connectivity index (χ4v) is 4.20. The van der Waals surface area contributed by atoms with Gasteiger partial charge in [-0.3, -0.25) is 14.8 Å². The largest absolute Gasteiger partial charge is 0.360 e. The number of pyridine rings is 2. The highest BCUT2D eigenvalue weighted by Crippen LogP contribution is 2.29. The second kappa shape index (κ2) is 8.64. The lowest BCUT2D eigenvalue weighted by Gasteiger charge is -2.20. The van der Waals surface area contributed by atoms with Gasteiger partial charge >= 0.3 is 0 Å². The molecule has 33 heavy (non-hydrogen) atoms. The zero-order valence-corrected chi connectivity index (χ0v) is 18.5. The molecule has 0 saturated carbocycles. The van der Waals surface area contributed by atoms with Crippen LogP contribution in [0.1, 0.15) is 33.1 Å². The lowest BCUT2D eigenvalue weighted by atomic mass is 9.97. The summed E-state index contributed by atoms with van der Waals surface area (Å²) < 4.78 is 15.0. The number of aryl methyl sites for hydroxylation is 1. The number of benzene rings is 2. The maximum atomic E-state index is 15.0. The van der Waals surface area contributed by atoms with Crippen molar-refractivity contribution >= 4 is 39.3 Å². The number of fused-ring (bicyclic) bond motifs is 2. The Bertz CT molecular complexity index is 1480. The highest BCUT2D eigenvalue weighted by molar-refractivity contribution is 6.35. The second-order valence-electron chi connectivity index (χ2n) is 8.06. The minimum atomic E-state index is -0.507. The van der Waals surface area contributed by atoms with E-state index >= 15 is 0 Å². The Labute approximate surface area is 194 Å². The Morgan fingerprint density at radius 1 is 1.15 bits per heavy atom. The van der Waals surface area contributed by atoms with Crippen molar-refractivity contribution in [3.8, 4) is 0 Å². The van der Waals surface area contributed by atoms with E-state index in [9.17, 15) is 9.18 Å². The summed E-state index contributed by atoms with van der Waals surface area (Å²) in [6.45, 7) is 2.01. The predicted molar refractivity (Wildman–Crippen MR) is 128 cm³/mol. The molecule has 3 heterocycles. The van der Waals surface area contributed by atoms with E-state index in [1.54, 1.807) is 43.0 Å².